The fourth-order valence-electron chi connectivity index (χ4n) is 1.29. The van der Waals surface area contributed by atoms with Gasteiger partial charge in [-0.25, -0.2) is 4.98 Å². The van der Waals surface area contributed by atoms with Crippen LogP contribution in [0, 0.1) is 0 Å². The summed E-state index contributed by atoms with van der Waals surface area (Å²) < 4.78 is 0. The molecule has 0 spiro atoms. The minimum absolute atomic E-state index is 0.419. The smallest absolute Gasteiger partial charge is 0.150 e. The molecule has 0 aromatic carbocycles. The highest BCUT2D eigenvalue weighted by Crippen LogP contribution is 2.19. The summed E-state index contributed by atoms with van der Waals surface area (Å²) in [4.78, 5) is 3.97. The van der Waals surface area contributed by atoms with Crippen molar-refractivity contribution >= 4 is 23.2 Å². The number of nitrogens with zero attached hydrogens (tertiary/aromatic N) is 2. The Hall–Kier alpha value is -1.75. The van der Waals surface area contributed by atoms with E-state index in [-0.39, 0.29) is 0 Å². The van der Waals surface area contributed by atoms with E-state index in [4.69, 9.17) is 23.1 Å². The third kappa shape index (κ3) is 2.02. The maximum Gasteiger partial charge on any atom is 0.150 e. The Kier molecular flexibility index (Phi) is 2.47. The van der Waals surface area contributed by atoms with Gasteiger partial charge in [0.15, 0.2) is 5.82 Å². The summed E-state index contributed by atoms with van der Waals surface area (Å²) in [6, 6.07) is 3.60. The molecule has 2 heterocycles. The fraction of sp³-hybridized carbons (Fsp3) is 0.111. The van der Waals surface area contributed by atoms with Crippen molar-refractivity contribution in [3.63, 3.8) is 0 Å². The molecule has 2 aromatic heterocycles. The van der Waals surface area contributed by atoms with Gasteiger partial charge in [0.25, 0.3) is 0 Å². The first-order valence-corrected chi connectivity index (χ1v) is 4.73. The molecule has 0 aliphatic rings. The van der Waals surface area contributed by atoms with Crippen LogP contribution in [0.25, 0.3) is 0 Å². The number of pyridine rings is 1. The molecule has 5 N–H and O–H groups in total. The average Bonchev–Trinajstić information content (AvgIpc) is 2.53. The molecule has 0 amide bonds. The van der Waals surface area contributed by atoms with E-state index in [9.17, 15) is 0 Å². The van der Waals surface area contributed by atoms with Crippen molar-refractivity contribution in [1.82, 2.24) is 15.2 Å². The maximum atomic E-state index is 5.68. The van der Waals surface area contributed by atoms with Gasteiger partial charge in [-0.1, -0.05) is 17.7 Å². The van der Waals surface area contributed by atoms with Gasteiger partial charge in [-0.05, 0) is 11.6 Å². The first kappa shape index (κ1) is 9.79. The Morgan fingerprint density at radius 2 is 2.13 bits per heavy atom. The molecule has 0 aliphatic carbocycles. The molecule has 0 aliphatic heterocycles. The van der Waals surface area contributed by atoms with Crippen LogP contribution in [0.1, 0.15) is 11.1 Å². The second-order valence-electron chi connectivity index (χ2n) is 3.17. The zero-order chi connectivity index (χ0) is 10.8. The third-order valence-corrected chi connectivity index (χ3v) is 2.32. The Morgan fingerprint density at radius 1 is 1.33 bits per heavy atom. The lowest BCUT2D eigenvalue weighted by Gasteiger charge is -2.00. The minimum Gasteiger partial charge on any atom is -0.384 e. The van der Waals surface area contributed by atoms with Crippen molar-refractivity contribution in [1.29, 1.82) is 0 Å². The van der Waals surface area contributed by atoms with Crippen LogP contribution in [-0.4, -0.2) is 15.2 Å². The molecular weight excluding hydrogens is 214 g/mol. The van der Waals surface area contributed by atoms with Crippen molar-refractivity contribution < 1.29 is 0 Å². The lowest BCUT2D eigenvalue weighted by atomic mass is 10.1. The highest BCUT2D eigenvalue weighted by Gasteiger charge is 2.08. The van der Waals surface area contributed by atoms with Crippen LogP contribution < -0.4 is 11.5 Å². The molecule has 0 bridgehead atoms. The van der Waals surface area contributed by atoms with Crippen LogP contribution in [-0.2, 0) is 6.42 Å². The number of nitrogen functional groups attached to an aromatic ring is 2. The molecule has 0 fully saturated rings. The number of aromatic amines is 1. The molecule has 0 atom stereocenters. The number of halogens is 1. The quantitative estimate of drug-likeness (QED) is 0.667. The summed E-state index contributed by atoms with van der Waals surface area (Å²) in [6.45, 7) is 0. The molecule has 15 heavy (non-hydrogen) atoms. The van der Waals surface area contributed by atoms with E-state index in [2.05, 4.69) is 15.2 Å². The number of hydrogen-bond donors (Lipinski definition) is 3. The zero-order valence-corrected chi connectivity index (χ0v) is 8.62. The zero-order valence-electron chi connectivity index (χ0n) is 7.87. The van der Waals surface area contributed by atoms with Crippen molar-refractivity contribution in [2.24, 2.45) is 0 Å². The largest absolute Gasteiger partial charge is 0.384 e. The Labute approximate surface area is 91.5 Å². The van der Waals surface area contributed by atoms with Crippen LogP contribution in [0.4, 0.5) is 11.6 Å². The van der Waals surface area contributed by atoms with Crippen molar-refractivity contribution in [3.8, 4) is 0 Å². The monoisotopic (exact) mass is 223 g/mol. The number of hydrogen-bond acceptors (Lipinski definition) is 4. The molecular formula is C9H10ClN5. The van der Waals surface area contributed by atoms with Gasteiger partial charge in [0.2, 0.25) is 0 Å². The highest BCUT2D eigenvalue weighted by atomic mass is 35.5. The van der Waals surface area contributed by atoms with Gasteiger partial charge in [0.1, 0.15) is 11.0 Å². The highest BCUT2D eigenvalue weighted by molar-refractivity contribution is 6.29. The topological polar surface area (TPSA) is 93.6 Å². The average molecular weight is 224 g/mol. The summed E-state index contributed by atoms with van der Waals surface area (Å²) in [5.41, 5.74) is 13.1. The van der Waals surface area contributed by atoms with Gasteiger partial charge in [-0.15, -0.1) is 0 Å². The van der Waals surface area contributed by atoms with E-state index in [1.807, 2.05) is 6.07 Å². The molecule has 6 heteroatoms. The molecule has 0 radical (unpaired) electrons. The first-order valence-electron chi connectivity index (χ1n) is 4.35. The van der Waals surface area contributed by atoms with Gasteiger partial charge in [-0.2, -0.15) is 5.10 Å². The predicted molar refractivity (Wildman–Crippen MR) is 59.5 cm³/mol. The molecule has 78 valence electrons. The molecule has 0 saturated carbocycles. The molecule has 0 unspecified atom stereocenters. The van der Waals surface area contributed by atoms with E-state index in [0.29, 0.717) is 23.2 Å². The lowest BCUT2D eigenvalue weighted by molar-refractivity contribution is 1.11. The van der Waals surface area contributed by atoms with Crippen molar-refractivity contribution in [2.75, 3.05) is 11.5 Å². The van der Waals surface area contributed by atoms with Crippen LogP contribution in [0.5, 0.6) is 0 Å². The number of nitrogens with two attached hydrogens (primary N) is 2. The third-order valence-electron chi connectivity index (χ3n) is 2.10. The van der Waals surface area contributed by atoms with E-state index >= 15 is 0 Å². The summed E-state index contributed by atoms with van der Waals surface area (Å²) in [5.74, 6) is 0.907. The van der Waals surface area contributed by atoms with Crippen LogP contribution in [0.15, 0.2) is 18.3 Å². The Morgan fingerprint density at radius 3 is 2.67 bits per heavy atom. The number of anilines is 2. The van der Waals surface area contributed by atoms with Crippen LogP contribution >= 0.6 is 11.6 Å². The number of H-pyrrole nitrogens is 1. The maximum absolute atomic E-state index is 5.68. The van der Waals surface area contributed by atoms with Gasteiger partial charge in [0.05, 0.1) is 0 Å². The molecule has 0 saturated heterocycles. The normalized spacial score (nSPS) is 10.5. The summed E-state index contributed by atoms with van der Waals surface area (Å²) in [7, 11) is 0. The first-order chi connectivity index (χ1) is 7.16. The summed E-state index contributed by atoms with van der Waals surface area (Å²) >= 11 is 5.68. The molecule has 2 rings (SSSR count). The Bertz CT molecular complexity index is 442. The summed E-state index contributed by atoms with van der Waals surface area (Å²) in [6.07, 6.45) is 2.28. The standard InChI is InChI=1S/C9H10ClN5/c10-7-2-1-5(4-13-7)3-6-8(11)14-15-9(6)12/h1-2,4H,3H2,(H5,11,12,14,15). The Balaban J connectivity index is 2.25. The SMILES string of the molecule is Nc1n[nH]c(N)c1Cc1ccc(Cl)nc1. The van der Waals surface area contributed by atoms with Gasteiger partial charge in [-0.3, -0.25) is 5.10 Å². The second kappa shape index (κ2) is 3.78. The molecule has 5 nitrogen and oxygen atoms in total. The lowest BCUT2D eigenvalue weighted by Crippen LogP contribution is -1.97. The van der Waals surface area contributed by atoms with E-state index < -0.39 is 0 Å². The van der Waals surface area contributed by atoms with Crippen LogP contribution in [0.2, 0.25) is 5.15 Å². The minimum atomic E-state index is 0.419. The number of aromatic nitrogens is 3. The van der Waals surface area contributed by atoms with E-state index in [1.165, 1.54) is 0 Å². The van der Waals surface area contributed by atoms with Crippen molar-refractivity contribution in [3.05, 3.63) is 34.6 Å². The van der Waals surface area contributed by atoms with Crippen molar-refractivity contribution in [2.45, 2.75) is 6.42 Å². The van der Waals surface area contributed by atoms with E-state index in [0.717, 1.165) is 11.1 Å². The van der Waals surface area contributed by atoms with Gasteiger partial charge >= 0.3 is 0 Å². The predicted octanol–water partition coefficient (Wildman–Crippen LogP) is 1.21. The fourth-order valence-corrected chi connectivity index (χ4v) is 1.41. The van der Waals surface area contributed by atoms with Gasteiger partial charge in [0, 0.05) is 18.2 Å². The summed E-state index contributed by atoms with van der Waals surface area (Å²) in [5, 5.41) is 6.90. The second-order valence-corrected chi connectivity index (χ2v) is 3.55. The van der Waals surface area contributed by atoms with Crippen LogP contribution in [0.3, 0.4) is 0 Å². The van der Waals surface area contributed by atoms with E-state index in [1.54, 1.807) is 12.3 Å². The number of nitrogens with one attached hydrogen (secondary N) is 1. The van der Waals surface area contributed by atoms with Gasteiger partial charge < -0.3 is 11.5 Å². The number of rotatable bonds is 2. The molecule has 2 aromatic rings.